The Kier molecular flexibility index (Phi) is 3.66. The summed E-state index contributed by atoms with van der Waals surface area (Å²) in [5, 5.41) is 9.46. The molecule has 98 valence electrons. The number of rotatable bonds is 3. The summed E-state index contributed by atoms with van der Waals surface area (Å²) >= 11 is 0. The van der Waals surface area contributed by atoms with Crippen LogP contribution in [0.1, 0.15) is 24.0 Å². The van der Waals surface area contributed by atoms with E-state index >= 15 is 0 Å². The van der Waals surface area contributed by atoms with Crippen molar-refractivity contribution in [3.8, 4) is 0 Å². The maximum Gasteiger partial charge on any atom is 0.310 e. The molecule has 0 spiro atoms. The highest BCUT2D eigenvalue weighted by molar-refractivity contribution is 5.75. The summed E-state index contributed by atoms with van der Waals surface area (Å²) in [5.74, 6) is -1.13. The summed E-state index contributed by atoms with van der Waals surface area (Å²) in [7, 11) is 0. The van der Waals surface area contributed by atoms with Crippen LogP contribution in [0.3, 0.4) is 0 Å². The molecular formula is C14H17FO3. The Morgan fingerprint density at radius 1 is 1.44 bits per heavy atom. The third kappa shape index (κ3) is 2.53. The van der Waals surface area contributed by atoms with Crippen molar-refractivity contribution in [2.24, 2.45) is 5.41 Å². The molecule has 0 radical (unpaired) electrons. The quantitative estimate of drug-likeness (QED) is 0.899. The van der Waals surface area contributed by atoms with Crippen LogP contribution in [0.25, 0.3) is 0 Å². The SMILES string of the molecule is Cc1ccc(F)cc1CC1(C(=O)O)CCOCC1. The van der Waals surface area contributed by atoms with Gasteiger partial charge in [0.15, 0.2) is 0 Å². The van der Waals surface area contributed by atoms with Crippen molar-refractivity contribution in [1.82, 2.24) is 0 Å². The number of aliphatic carboxylic acids is 1. The predicted octanol–water partition coefficient (Wildman–Crippen LogP) is 2.56. The van der Waals surface area contributed by atoms with E-state index in [1.807, 2.05) is 6.92 Å². The van der Waals surface area contributed by atoms with E-state index in [4.69, 9.17) is 4.74 Å². The molecule has 3 nitrogen and oxygen atoms in total. The Morgan fingerprint density at radius 3 is 2.72 bits per heavy atom. The van der Waals surface area contributed by atoms with E-state index in [9.17, 15) is 14.3 Å². The lowest BCUT2D eigenvalue weighted by molar-refractivity contribution is -0.154. The van der Waals surface area contributed by atoms with Gasteiger partial charge in [-0.1, -0.05) is 6.07 Å². The molecule has 0 bridgehead atoms. The molecule has 1 saturated heterocycles. The number of carbonyl (C=O) groups is 1. The van der Waals surface area contributed by atoms with Gasteiger partial charge >= 0.3 is 5.97 Å². The molecule has 1 aliphatic rings. The molecule has 2 rings (SSSR count). The number of benzene rings is 1. The van der Waals surface area contributed by atoms with Gasteiger partial charge in [-0.3, -0.25) is 4.79 Å². The lowest BCUT2D eigenvalue weighted by Gasteiger charge is -2.33. The molecule has 0 unspecified atom stereocenters. The number of hydrogen-bond donors (Lipinski definition) is 1. The highest BCUT2D eigenvalue weighted by Gasteiger charge is 2.40. The molecule has 0 saturated carbocycles. The maximum absolute atomic E-state index is 13.3. The van der Waals surface area contributed by atoms with Gasteiger partial charge in [-0.2, -0.15) is 0 Å². The molecule has 1 heterocycles. The highest BCUT2D eigenvalue weighted by atomic mass is 19.1. The van der Waals surface area contributed by atoms with E-state index in [-0.39, 0.29) is 5.82 Å². The molecule has 1 aliphatic heterocycles. The van der Waals surface area contributed by atoms with Gasteiger partial charge in [-0.05, 0) is 49.4 Å². The molecule has 1 aromatic rings. The third-order valence-electron chi connectivity index (χ3n) is 3.74. The molecule has 0 amide bonds. The van der Waals surface area contributed by atoms with Gasteiger partial charge in [0.05, 0.1) is 5.41 Å². The van der Waals surface area contributed by atoms with Crippen LogP contribution in [-0.4, -0.2) is 24.3 Å². The van der Waals surface area contributed by atoms with E-state index in [0.29, 0.717) is 32.5 Å². The monoisotopic (exact) mass is 252 g/mol. The van der Waals surface area contributed by atoms with Gasteiger partial charge in [-0.25, -0.2) is 4.39 Å². The average Bonchev–Trinajstić information content (AvgIpc) is 2.35. The van der Waals surface area contributed by atoms with E-state index in [0.717, 1.165) is 11.1 Å². The van der Waals surface area contributed by atoms with Crippen LogP contribution in [-0.2, 0) is 16.0 Å². The molecule has 0 atom stereocenters. The van der Waals surface area contributed by atoms with Gasteiger partial charge in [0, 0.05) is 13.2 Å². The Bertz CT molecular complexity index is 450. The molecule has 1 N–H and O–H groups in total. The number of aryl methyl sites for hydroxylation is 1. The highest BCUT2D eigenvalue weighted by Crippen LogP contribution is 2.35. The molecule has 1 fully saturated rings. The van der Waals surface area contributed by atoms with Gasteiger partial charge < -0.3 is 9.84 Å². The van der Waals surface area contributed by atoms with Crippen molar-refractivity contribution in [3.05, 3.63) is 35.1 Å². The number of halogens is 1. The van der Waals surface area contributed by atoms with Gasteiger partial charge in [0.25, 0.3) is 0 Å². The normalized spacial score (nSPS) is 18.6. The number of ether oxygens (including phenoxy) is 1. The molecule has 1 aromatic carbocycles. The molecular weight excluding hydrogens is 235 g/mol. The van der Waals surface area contributed by atoms with Gasteiger partial charge in [0.1, 0.15) is 5.82 Å². The summed E-state index contributed by atoms with van der Waals surface area (Å²) in [6.07, 6.45) is 1.34. The topological polar surface area (TPSA) is 46.5 Å². The maximum atomic E-state index is 13.3. The van der Waals surface area contributed by atoms with Crippen molar-refractivity contribution in [3.63, 3.8) is 0 Å². The summed E-state index contributed by atoms with van der Waals surface area (Å²) in [6.45, 7) is 2.80. The van der Waals surface area contributed by atoms with Crippen molar-refractivity contribution >= 4 is 5.97 Å². The minimum Gasteiger partial charge on any atom is -0.481 e. The summed E-state index contributed by atoms with van der Waals surface area (Å²) < 4.78 is 18.5. The number of carboxylic acid groups (broad SMARTS) is 1. The van der Waals surface area contributed by atoms with Crippen molar-refractivity contribution < 1.29 is 19.0 Å². The van der Waals surface area contributed by atoms with Crippen LogP contribution in [0.4, 0.5) is 4.39 Å². The minimum atomic E-state index is -0.811. The van der Waals surface area contributed by atoms with Crippen LogP contribution in [0, 0.1) is 18.2 Å². The van der Waals surface area contributed by atoms with Crippen LogP contribution >= 0.6 is 0 Å². The Labute approximate surface area is 106 Å². The van der Waals surface area contributed by atoms with E-state index < -0.39 is 11.4 Å². The molecule has 0 aliphatic carbocycles. The van der Waals surface area contributed by atoms with E-state index in [1.165, 1.54) is 12.1 Å². The number of hydrogen-bond acceptors (Lipinski definition) is 2. The smallest absolute Gasteiger partial charge is 0.310 e. The fourth-order valence-electron chi connectivity index (χ4n) is 2.42. The van der Waals surface area contributed by atoms with Crippen LogP contribution in [0.5, 0.6) is 0 Å². The van der Waals surface area contributed by atoms with Crippen LogP contribution in [0.15, 0.2) is 18.2 Å². The summed E-state index contributed by atoms with van der Waals surface area (Å²) in [5.41, 5.74) is 0.902. The third-order valence-corrected chi connectivity index (χ3v) is 3.74. The minimum absolute atomic E-state index is 0.316. The first-order valence-corrected chi connectivity index (χ1v) is 6.10. The second kappa shape index (κ2) is 5.06. The zero-order chi connectivity index (χ0) is 13.2. The van der Waals surface area contributed by atoms with Crippen molar-refractivity contribution in [2.75, 3.05) is 13.2 Å². The first-order valence-electron chi connectivity index (χ1n) is 6.10. The first kappa shape index (κ1) is 13.0. The Hall–Kier alpha value is -1.42. The van der Waals surface area contributed by atoms with E-state index in [1.54, 1.807) is 6.07 Å². The Morgan fingerprint density at radius 2 is 2.11 bits per heavy atom. The molecule has 18 heavy (non-hydrogen) atoms. The van der Waals surface area contributed by atoms with Crippen LogP contribution < -0.4 is 0 Å². The standard InChI is InChI=1S/C14H17FO3/c1-10-2-3-12(15)8-11(10)9-14(13(16)17)4-6-18-7-5-14/h2-3,8H,4-7,9H2,1H3,(H,16,17). The first-order chi connectivity index (χ1) is 8.53. The second-order valence-electron chi connectivity index (χ2n) is 4.95. The lowest BCUT2D eigenvalue weighted by atomic mass is 9.74. The second-order valence-corrected chi connectivity index (χ2v) is 4.95. The fraction of sp³-hybridized carbons (Fsp3) is 0.500. The largest absolute Gasteiger partial charge is 0.481 e. The van der Waals surface area contributed by atoms with E-state index in [2.05, 4.69) is 0 Å². The van der Waals surface area contributed by atoms with Crippen molar-refractivity contribution in [1.29, 1.82) is 0 Å². The zero-order valence-corrected chi connectivity index (χ0v) is 10.4. The number of carboxylic acids is 1. The van der Waals surface area contributed by atoms with Gasteiger partial charge in [-0.15, -0.1) is 0 Å². The Balaban J connectivity index is 2.28. The lowest BCUT2D eigenvalue weighted by Crippen LogP contribution is -2.39. The van der Waals surface area contributed by atoms with Crippen molar-refractivity contribution in [2.45, 2.75) is 26.2 Å². The summed E-state index contributed by atoms with van der Waals surface area (Å²) in [4.78, 5) is 11.5. The summed E-state index contributed by atoms with van der Waals surface area (Å²) in [6, 6.07) is 4.53. The van der Waals surface area contributed by atoms with Gasteiger partial charge in [0.2, 0.25) is 0 Å². The molecule has 0 aromatic heterocycles. The average molecular weight is 252 g/mol. The van der Waals surface area contributed by atoms with Crippen LogP contribution in [0.2, 0.25) is 0 Å². The zero-order valence-electron chi connectivity index (χ0n) is 10.4. The fourth-order valence-corrected chi connectivity index (χ4v) is 2.42. The molecule has 4 heteroatoms. The predicted molar refractivity (Wildman–Crippen MR) is 65.0 cm³/mol.